The minimum atomic E-state index is -1.64. The van der Waals surface area contributed by atoms with Gasteiger partial charge in [0.15, 0.2) is 6.29 Å². The van der Waals surface area contributed by atoms with Gasteiger partial charge in [0.1, 0.15) is 0 Å². The number of carbonyl (C=O) groups excluding carboxylic acids is 1. The van der Waals surface area contributed by atoms with Crippen molar-refractivity contribution >= 4 is 42.1 Å². The van der Waals surface area contributed by atoms with Gasteiger partial charge in [-0.3, -0.25) is 4.79 Å². The predicted octanol–water partition coefficient (Wildman–Crippen LogP) is 0.486. The lowest BCUT2D eigenvalue weighted by atomic mass is 9.80. The summed E-state index contributed by atoms with van der Waals surface area (Å²) in [7, 11) is -1.64. The maximum Gasteiger partial charge on any atom is 0.488 e. The molecule has 1 rings (SSSR count). The Bertz CT molecular complexity index is 318. The standard InChI is InChI=1S/C7H5BCl2O3/c9-6-1-4(8(12)13)2-7(10)5(6)3-11/h1-3,12-13H. The van der Waals surface area contributed by atoms with Crippen LogP contribution in [-0.2, 0) is 0 Å². The Kier molecular flexibility index (Phi) is 3.33. The highest BCUT2D eigenvalue weighted by molar-refractivity contribution is 6.59. The van der Waals surface area contributed by atoms with Crippen LogP contribution >= 0.6 is 23.2 Å². The maximum absolute atomic E-state index is 10.4. The van der Waals surface area contributed by atoms with Gasteiger partial charge in [-0.25, -0.2) is 0 Å². The van der Waals surface area contributed by atoms with Crippen molar-refractivity contribution in [1.29, 1.82) is 0 Å². The Morgan fingerprint density at radius 1 is 1.23 bits per heavy atom. The fourth-order valence-electron chi connectivity index (χ4n) is 0.866. The average Bonchev–Trinajstić information content (AvgIpc) is 2.03. The van der Waals surface area contributed by atoms with Crippen molar-refractivity contribution in [2.24, 2.45) is 0 Å². The van der Waals surface area contributed by atoms with Crippen LogP contribution in [0.2, 0.25) is 10.0 Å². The zero-order chi connectivity index (χ0) is 10.0. The van der Waals surface area contributed by atoms with Crippen LogP contribution in [0.4, 0.5) is 0 Å². The zero-order valence-corrected chi connectivity index (χ0v) is 7.88. The Hall–Kier alpha value is -0.545. The third-order valence-corrected chi connectivity index (χ3v) is 2.14. The molecule has 0 saturated carbocycles. The lowest BCUT2D eigenvalue weighted by Gasteiger charge is -2.04. The van der Waals surface area contributed by atoms with Gasteiger partial charge in [0, 0.05) is 0 Å². The van der Waals surface area contributed by atoms with E-state index in [2.05, 4.69) is 0 Å². The SMILES string of the molecule is O=Cc1c(Cl)cc(B(O)O)cc1Cl. The van der Waals surface area contributed by atoms with Gasteiger partial charge in [-0.2, -0.15) is 0 Å². The van der Waals surface area contributed by atoms with E-state index in [1.54, 1.807) is 0 Å². The molecule has 2 N–H and O–H groups in total. The van der Waals surface area contributed by atoms with Crippen LogP contribution in [0.3, 0.4) is 0 Å². The van der Waals surface area contributed by atoms with E-state index >= 15 is 0 Å². The van der Waals surface area contributed by atoms with Crippen molar-refractivity contribution in [2.45, 2.75) is 0 Å². The van der Waals surface area contributed by atoms with Crippen molar-refractivity contribution in [2.75, 3.05) is 0 Å². The summed E-state index contributed by atoms with van der Waals surface area (Å²) in [6.45, 7) is 0. The van der Waals surface area contributed by atoms with E-state index in [0.717, 1.165) is 0 Å². The first-order valence-corrected chi connectivity index (χ1v) is 4.12. The first-order valence-electron chi connectivity index (χ1n) is 3.36. The molecule has 0 fully saturated rings. The van der Waals surface area contributed by atoms with Crippen molar-refractivity contribution in [3.05, 3.63) is 27.7 Å². The Labute approximate surface area is 85.0 Å². The molecule has 0 saturated heterocycles. The second-order valence-corrected chi connectivity index (χ2v) is 3.20. The van der Waals surface area contributed by atoms with Crippen LogP contribution in [0.5, 0.6) is 0 Å². The van der Waals surface area contributed by atoms with Crippen LogP contribution in [-0.4, -0.2) is 23.5 Å². The van der Waals surface area contributed by atoms with Crippen LogP contribution < -0.4 is 5.46 Å². The van der Waals surface area contributed by atoms with E-state index in [9.17, 15) is 4.79 Å². The van der Waals surface area contributed by atoms with Crippen molar-refractivity contribution in [1.82, 2.24) is 0 Å². The summed E-state index contributed by atoms with van der Waals surface area (Å²) in [6.07, 6.45) is 0.512. The minimum Gasteiger partial charge on any atom is -0.423 e. The van der Waals surface area contributed by atoms with Gasteiger partial charge >= 0.3 is 7.12 Å². The molecule has 0 aliphatic carbocycles. The van der Waals surface area contributed by atoms with Gasteiger partial charge in [0.05, 0.1) is 15.6 Å². The van der Waals surface area contributed by atoms with Crippen LogP contribution in [0.1, 0.15) is 10.4 Å². The summed E-state index contributed by atoms with van der Waals surface area (Å²) >= 11 is 11.3. The average molecular weight is 219 g/mol. The number of aldehydes is 1. The molecule has 0 aliphatic rings. The lowest BCUT2D eigenvalue weighted by Crippen LogP contribution is -2.30. The normalized spacial score (nSPS) is 9.85. The molecule has 0 amide bonds. The summed E-state index contributed by atoms with van der Waals surface area (Å²) in [5.41, 5.74) is 0.299. The van der Waals surface area contributed by atoms with Crippen LogP contribution in [0.25, 0.3) is 0 Å². The monoisotopic (exact) mass is 218 g/mol. The van der Waals surface area contributed by atoms with E-state index in [-0.39, 0.29) is 21.1 Å². The molecule has 1 aromatic rings. The minimum absolute atomic E-state index is 0.102. The lowest BCUT2D eigenvalue weighted by molar-refractivity contribution is 0.112. The van der Waals surface area contributed by atoms with E-state index in [4.69, 9.17) is 33.2 Å². The molecule has 0 unspecified atom stereocenters. The highest BCUT2D eigenvalue weighted by Crippen LogP contribution is 2.21. The summed E-state index contributed by atoms with van der Waals surface area (Å²) in [6, 6.07) is 2.56. The molecular formula is C7H5BCl2O3. The Balaban J connectivity index is 3.28. The smallest absolute Gasteiger partial charge is 0.423 e. The van der Waals surface area contributed by atoms with Crippen molar-refractivity contribution in [3.8, 4) is 0 Å². The number of carbonyl (C=O) groups is 1. The quantitative estimate of drug-likeness (QED) is 0.561. The predicted molar refractivity (Wildman–Crippen MR) is 51.7 cm³/mol. The summed E-state index contributed by atoms with van der Waals surface area (Å²) < 4.78 is 0. The zero-order valence-electron chi connectivity index (χ0n) is 6.37. The second-order valence-electron chi connectivity index (χ2n) is 2.39. The Morgan fingerprint density at radius 2 is 1.69 bits per heavy atom. The van der Waals surface area contributed by atoms with Gasteiger partial charge in [-0.1, -0.05) is 23.2 Å². The summed E-state index contributed by atoms with van der Waals surface area (Å²) in [5, 5.41) is 17.8. The number of hydrogen-bond donors (Lipinski definition) is 2. The highest BCUT2D eigenvalue weighted by Gasteiger charge is 2.15. The van der Waals surface area contributed by atoms with E-state index < -0.39 is 7.12 Å². The molecular weight excluding hydrogens is 214 g/mol. The van der Waals surface area contributed by atoms with Gasteiger partial charge in [-0.15, -0.1) is 0 Å². The summed E-state index contributed by atoms with van der Waals surface area (Å²) in [4.78, 5) is 10.4. The third kappa shape index (κ3) is 2.22. The second kappa shape index (κ2) is 4.11. The molecule has 3 nitrogen and oxygen atoms in total. The molecule has 0 heterocycles. The fourth-order valence-corrected chi connectivity index (χ4v) is 1.46. The molecule has 0 spiro atoms. The molecule has 0 aliphatic heterocycles. The van der Waals surface area contributed by atoms with E-state index in [1.807, 2.05) is 0 Å². The van der Waals surface area contributed by atoms with Gasteiger partial charge < -0.3 is 10.0 Å². The molecule has 0 aromatic heterocycles. The number of benzene rings is 1. The first-order chi connectivity index (χ1) is 6.06. The van der Waals surface area contributed by atoms with Gasteiger partial charge in [0.25, 0.3) is 0 Å². The fraction of sp³-hybridized carbons (Fsp3) is 0. The van der Waals surface area contributed by atoms with Crippen molar-refractivity contribution in [3.63, 3.8) is 0 Å². The number of rotatable bonds is 2. The van der Waals surface area contributed by atoms with Gasteiger partial charge in [0.2, 0.25) is 0 Å². The molecule has 0 bridgehead atoms. The Morgan fingerprint density at radius 3 is 2.00 bits per heavy atom. The molecule has 68 valence electrons. The van der Waals surface area contributed by atoms with Crippen LogP contribution in [0, 0.1) is 0 Å². The highest BCUT2D eigenvalue weighted by atomic mass is 35.5. The number of halogens is 2. The summed E-state index contributed by atoms with van der Waals surface area (Å²) in [5.74, 6) is 0. The molecule has 0 atom stereocenters. The maximum atomic E-state index is 10.4. The van der Waals surface area contributed by atoms with E-state index in [1.165, 1.54) is 12.1 Å². The first kappa shape index (κ1) is 10.5. The molecule has 6 heteroatoms. The van der Waals surface area contributed by atoms with Crippen LogP contribution in [0.15, 0.2) is 12.1 Å². The molecule has 1 aromatic carbocycles. The molecule has 13 heavy (non-hydrogen) atoms. The topological polar surface area (TPSA) is 57.5 Å². The van der Waals surface area contributed by atoms with Gasteiger partial charge in [-0.05, 0) is 17.6 Å². The third-order valence-electron chi connectivity index (χ3n) is 1.52. The largest absolute Gasteiger partial charge is 0.488 e. The van der Waals surface area contributed by atoms with Crippen molar-refractivity contribution < 1.29 is 14.8 Å². The molecule has 0 radical (unpaired) electrons. The van der Waals surface area contributed by atoms with E-state index in [0.29, 0.717) is 6.29 Å². The number of hydrogen-bond acceptors (Lipinski definition) is 3.